The number of rotatable bonds is 5. The third-order valence-corrected chi connectivity index (χ3v) is 4.01. The summed E-state index contributed by atoms with van der Waals surface area (Å²) in [6, 6.07) is 5.75. The van der Waals surface area contributed by atoms with E-state index in [2.05, 4.69) is 37.2 Å². The second-order valence-electron chi connectivity index (χ2n) is 3.64. The molecule has 1 nitrogen and oxygen atoms in total. The van der Waals surface area contributed by atoms with Gasteiger partial charge in [-0.05, 0) is 62.5 Å². The van der Waals surface area contributed by atoms with Gasteiger partial charge in [-0.3, -0.25) is 0 Å². The molecule has 0 saturated carbocycles. The molecular weight excluding hydrogens is 363 g/mol. The lowest BCUT2D eigenvalue weighted by molar-refractivity contribution is -0.135. The molecule has 0 bridgehead atoms. The highest BCUT2D eigenvalue weighted by Gasteiger charge is 2.25. The summed E-state index contributed by atoms with van der Waals surface area (Å²) < 4.78 is 37.5. The normalized spacial score (nSPS) is 11.8. The Labute approximate surface area is 115 Å². The fourth-order valence-electron chi connectivity index (χ4n) is 1.30. The van der Waals surface area contributed by atoms with Crippen LogP contribution in [0.5, 0.6) is 0 Å². The predicted octanol–water partition coefficient (Wildman–Crippen LogP) is 4.64. The predicted molar refractivity (Wildman–Crippen MR) is 68.8 cm³/mol. The summed E-state index contributed by atoms with van der Waals surface area (Å²) in [5, 5.41) is 2.98. The van der Waals surface area contributed by atoms with E-state index in [1.807, 2.05) is 18.2 Å². The first-order chi connectivity index (χ1) is 7.88. The van der Waals surface area contributed by atoms with E-state index in [4.69, 9.17) is 0 Å². The average Bonchev–Trinajstić information content (AvgIpc) is 2.21. The summed E-state index contributed by atoms with van der Waals surface area (Å²) in [6.45, 7) is 0.941. The van der Waals surface area contributed by atoms with Crippen molar-refractivity contribution >= 4 is 31.9 Å². The monoisotopic (exact) mass is 373 g/mol. The molecule has 0 aliphatic carbocycles. The number of benzene rings is 1. The lowest BCUT2D eigenvalue weighted by Crippen LogP contribution is -2.17. The van der Waals surface area contributed by atoms with Gasteiger partial charge in [-0.25, -0.2) is 0 Å². The molecule has 0 amide bonds. The number of hydrogen-bond donors (Lipinski definition) is 1. The maximum absolute atomic E-state index is 11.9. The van der Waals surface area contributed by atoms with Crippen LogP contribution >= 0.6 is 31.9 Å². The van der Waals surface area contributed by atoms with Crippen LogP contribution < -0.4 is 5.32 Å². The zero-order chi connectivity index (χ0) is 12.9. The highest BCUT2D eigenvalue weighted by atomic mass is 79.9. The molecule has 1 aromatic rings. The van der Waals surface area contributed by atoms with Crippen LogP contribution in [0.25, 0.3) is 0 Å². The Morgan fingerprint density at radius 1 is 1.12 bits per heavy atom. The zero-order valence-electron chi connectivity index (χ0n) is 8.95. The fourth-order valence-corrected chi connectivity index (χ4v) is 1.97. The van der Waals surface area contributed by atoms with E-state index in [-0.39, 0.29) is 6.42 Å². The molecule has 17 heavy (non-hydrogen) atoms. The van der Waals surface area contributed by atoms with Crippen molar-refractivity contribution in [2.24, 2.45) is 0 Å². The van der Waals surface area contributed by atoms with Crippen molar-refractivity contribution in [1.82, 2.24) is 5.32 Å². The summed E-state index contributed by atoms with van der Waals surface area (Å²) >= 11 is 6.72. The molecule has 0 fully saturated rings. The van der Waals surface area contributed by atoms with Crippen molar-refractivity contribution in [3.63, 3.8) is 0 Å². The van der Waals surface area contributed by atoms with E-state index < -0.39 is 12.6 Å². The summed E-state index contributed by atoms with van der Waals surface area (Å²) in [5.74, 6) is 0. The topological polar surface area (TPSA) is 12.0 Å². The molecule has 0 spiro atoms. The van der Waals surface area contributed by atoms with Gasteiger partial charge >= 0.3 is 6.18 Å². The largest absolute Gasteiger partial charge is 0.389 e. The van der Waals surface area contributed by atoms with Gasteiger partial charge in [0.05, 0.1) is 0 Å². The van der Waals surface area contributed by atoms with Crippen molar-refractivity contribution in [3.8, 4) is 0 Å². The second-order valence-corrected chi connectivity index (χ2v) is 5.35. The minimum absolute atomic E-state index is 0.112. The molecule has 1 aromatic carbocycles. The SMILES string of the molecule is FC(F)(F)CCCNCc1ccc(Br)c(Br)c1. The first kappa shape index (κ1) is 15.0. The minimum atomic E-state index is -4.05. The molecule has 0 aromatic heterocycles. The third kappa shape index (κ3) is 6.43. The molecule has 0 saturated heterocycles. The van der Waals surface area contributed by atoms with E-state index in [1.54, 1.807) is 0 Å². The van der Waals surface area contributed by atoms with Gasteiger partial charge in [0.25, 0.3) is 0 Å². The summed E-state index contributed by atoms with van der Waals surface area (Å²) in [5.41, 5.74) is 1.03. The van der Waals surface area contributed by atoms with Gasteiger partial charge in [-0.1, -0.05) is 6.07 Å². The smallest absolute Gasteiger partial charge is 0.313 e. The van der Waals surface area contributed by atoms with Gasteiger partial charge in [0.1, 0.15) is 0 Å². The summed E-state index contributed by atoms with van der Waals surface area (Å²) in [7, 11) is 0. The Morgan fingerprint density at radius 3 is 2.41 bits per heavy atom. The van der Waals surface area contributed by atoms with Crippen LogP contribution in [-0.2, 0) is 6.54 Å². The molecular formula is C11H12Br2F3N. The van der Waals surface area contributed by atoms with Crippen LogP contribution in [0.1, 0.15) is 18.4 Å². The lowest BCUT2D eigenvalue weighted by atomic mass is 10.2. The van der Waals surface area contributed by atoms with E-state index in [1.165, 1.54) is 0 Å². The van der Waals surface area contributed by atoms with Gasteiger partial charge in [0.2, 0.25) is 0 Å². The van der Waals surface area contributed by atoms with Crippen molar-refractivity contribution < 1.29 is 13.2 Å². The molecule has 0 atom stereocenters. The molecule has 0 aliphatic rings. The number of alkyl halides is 3. The maximum atomic E-state index is 11.9. The Bertz CT molecular complexity index is 366. The molecule has 0 aliphatic heterocycles. The summed E-state index contributed by atoms with van der Waals surface area (Å²) in [6.07, 6.45) is -4.67. The Hall–Kier alpha value is -0.0700. The Morgan fingerprint density at radius 2 is 1.82 bits per heavy atom. The van der Waals surface area contributed by atoms with E-state index in [9.17, 15) is 13.2 Å². The molecule has 0 radical (unpaired) electrons. The highest BCUT2D eigenvalue weighted by Crippen LogP contribution is 2.24. The third-order valence-electron chi connectivity index (χ3n) is 2.13. The molecule has 0 unspecified atom stereocenters. The lowest BCUT2D eigenvalue weighted by Gasteiger charge is -2.08. The maximum Gasteiger partial charge on any atom is 0.389 e. The molecule has 1 N–H and O–H groups in total. The minimum Gasteiger partial charge on any atom is -0.313 e. The van der Waals surface area contributed by atoms with Crippen molar-refractivity contribution in [2.75, 3.05) is 6.54 Å². The second kappa shape index (κ2) is 6.75. The van der Waals surface area contributed by atoms with E-state index >= 15 is 0 Å². The van der Waals surface area contributed by atoms with Gasteiger partial charge in [0.15, 0.2) is 0 Å². The first-order valence-electron chi connectivity index (χ1n) is 5.10. The number of halogens is 5. The Balaban J connectivity index is 2.25. The van der Waals surface area contributed by atoms with Gasteiger partial charge in [0, 0.05) is 21.9 Å². The standard InChI is InChI=1S/C11H12Br2F3N/c12-9-3-2-8(6-10(9)13)7-17-5-1-4-11(14,15)16/h2-3,6,17H,1,4-5,7H2. The fraction of sp³-hybridized carbons (Fsp3) is 0.455. The van der Waals surface area contributed by atoms with Crippen LogP contribution in [0.3, 0.4) is 0 Å². The van der Waals surface area contributed by atoms with Crippen LogP contribution in [0.4, 0.5) is 13.2 Å². The van der Waals surface area contributed by atoms with Crippen molar-refractivity contribution in [1.29, 1.82) is 0 Å². The van der Waals surface area contributed by atoms with Crippen LogP contribution in [0, 0.1) is 0 Å². The number of hydrogen-bond acceptors (Lipinski definition) is 1. The van der Waals surface area contributed by atoms with Crippen LogP contribution in [0.15, 0.2) is 27.1 Å². The average molecular weight is 375 g/mol. The molecule has 96 valence electrons. The molecule has 1 rings (SSSR count). The van der Waals surface area contributed by atoms with Crippen molar-refractivity contribution in [2.45, 2.75) is 25.6 Å². The van der Waals surface area contributed by atoms with Crippen molar-refractivity contribution in [3.05, 3.63) is 32.7 Å². The van der Waals surface area contributed by atoms with Crippen LogP contribution in [0.2, 0.25) is 0 Å². The molecule has 0 heterocycles. The van der Waals surface area contributed by atoms with E-state index in [0.717, 1.165) is 14.5 Å². The number of nitrogens with one attached hydrogen (secondary N) is 1. The van der Waals surface area contributed by atoms with Gasteiger partial charge < -0.3 is 5.32 Å². The highest BCUT2D eigenvalue weighted by molar-refractivity contribution is 9.13. The van der Waals surface area contributed by atoms with Gasteiger partial charge in [-0.2, -0.15) is 13.2 Å². The van der Waals surface area contributed by atoms with E-state index in [0.29, 0.717) is 13.1 Å². The first-order valence-corrected chi connectivity index (χ1v) is 6.68. The summed E-state index contributed by atoms with van der Waals surface area (Å²) in [4.78, 5) is 0. The quantitative estimate of drug-likeness (QED) is 0.740. The zero-order valence-corrected chi connectivity index (χ0v) is 12.1. The van der Waals surface area contributed by atoms with Crippen LogP contribution in [-0.4, -0.2) is 12.7 Å². The Kier molecular flexibility index (Phi) is 5.95. The molecule has 6 heteroatoms. The van der Waals surface area contributed by atoms with Gasteiger partial charge in [-0.15, -0.1) is 0 Å².